The van der Waals surface area contributed by atoms with Crippen molar-refractivity contribution >= 4 is 5.78 Å². The van der Waals surface area contributed by atoms with Gasteiger partial charge < -0.3 is 10.8 Å². The molecule has 0 aliphatic rings. The van der Waals surface area contributed by atoms with Crippen LogP contribution in [0.25, 0.3) is 0 Å². The van der Waals surface area contributed by atoms with Crippen LogP contribution in [0.15, 0.2) is 11.8 Å². The van der Waals surface area contributed by atoms with E-state index in [1.807, 2.05) is 0 Å². The van der Waals surface area contributed by atoms with Crippen LogP contribution in [0.2, 0.25) is 0 Å². The molecule has 0 rings (SSSR count). The van der Waals surface area contributed by atoms with Gasteiger partial charge >= 0.3 is 0 Å². The van der Waals surface area contributed by atoms with Crippen LogP contribution in [-0.2, 0) is 4.79 Å². The summed E-state index contributed by atoms with van der Waals surface area (Å²) in [6, 6.07) is 0. The van der Waals surface area contributed by atoms with Crippen molar-refractivity contribution in [2.75, 3.05) is 6.61 Å². The molecule has 0 aromatic carbocycles. The summed E-state index contributed by atoms with van der Waals surface area (Å²) in [5.74, 6) is -0.0541. The number of hydrogen-bond acceptors (Lipinski definition) is 3. The zero-order chi connectivity index (χ0) is 7.28. The molecule has 0 bridgehead atoms. The van der Waals surface area contributed by atoms with E-state index in [1.165, 1.54) is 6.08 Å². The maximum Gasteiger partial charge on any atom is 0.157 e. The molecule has 0 fully saturated rings. The predicted octanol–water partition coefficient (Wildman–Crippen LogP) is -0.200. The minimum absolute atomic E-state index is 0.0541. The monoisotopic (exact) mass is 129 g/mol. The topological polar surface area (TPSA) is 63.3 Å². The number of carbonyl (C=O) groups is 1. The average Bonchev–Trinajstić information content (AvgIpc) is 1.87. The lowest BCUT2D eigenvalue weighted by molar-refractivity contribution is -0.114. The van der Waals surface area contributed by atoms with Crippen molar-refractivity contribution in [2.45, 2.75) is 13.3 Å². The molecule has 0 saturated carbocycles. The van der Waals surface area contributed by atoms with Gasteiger partial charge in [0.05, 0.1) is 6.61 Å². The van der Waals surface area contributed by atoms with Crippen LogP contribution in [0.5, 0.6) is 0 Å². The van der Waals surface area contributed by atoms with Crippen LogP contribution in [0.3, 0.4) is 0 Å². The van der Waals surface area contributed by atoms with E-state index >= 15 is 0 Å². The third-order valence-corrected chi connectivity index (χ3v) is 0.877. The fourth-order valence-electron chi connectivity index (χ4n) is 0.354. The summed E-state index contributed by atoms with van der Waals surface area (Å²) in [6.45, 7) is 1.50. The Balaban J connectivity index is 3.79. The summed E-state index contributed by atoms with van der Waals surface area (Å²) in [7, 11) is 0. The molecule has 3 nitrogen and oxygen atoms in total. The van der Waals surface area contributed by atoms with Gasteiger partial charge in [-0.3, -0.25) is 4.79 Å². The lowest BCUT2D eigenvalue weighted by Crippen LogP contribution is -2.05. The fourth-order valence-corrected chi connectivity index (χ4v) is 0.354. The molecule has 0 atom stereocenters. The SMILES string of the molecule is CCC(=O)/C=C(\N)CO. The summed E-state index contributed by atoms with van der Waals surface area (Å²) >= 11 is 0. The molecule has 52 valence electrons. The van der Waals surface area contributed by atoms with Crippen molar-refractivity contribution in [1.29, 1.82) is 0 Å². The molecule has 0 aliphatic heterocycles. The fraction of sp³-hybridized carbons (Fsp3) is 0.500. The van der Waals surface area contributed by atoms with Gasteiger partial charge in [-0.1, -0.05) is 6.92 Å². The summed E-state index contributed by atoms with van der Waals surface area (Å²) in [5, 5.41) is 8.33. The van der Waals surface area contributed by atoms with Gasteiger partial charge in [-0.25, -0.2) is 0 Å². The molecule has 0 aromatic rings. The van der Waals surface area contributed by atoms with Gasteiger partial charge in [-0.15, -0.1) is 0 Å². The normalized spacial score (nSPS) is 11.6. The molecule has 3 heteroatoms. The number of rotatable bonds is 3. The maximum atomic E-state index is 10.5. The first kappa shape index (κ1) is 8.17. The standard InChI is InChI=1S/C6H11NO2/c1-2-6(9)3-5(7)4-8/h3,8H,2,4,7H2,1H3/b5-3-. The summed E-state index contributed by atoms with van der Waals surface area (Å²) in [6.07, 6.45) is 1.68. The Kier molecular flexibility index (Phi) is 3.71. The summed E-state index contributed by atoms with van der Waals surface area (Å²) in [4.78, 5) is 10.5. The van der Waals surface area contributed by atoms with E-state index in [9.17, 15) is 4.79 Å². The van der Waals surface area contributed by atoms with Crippen molar-refractivity contribution < 1.29 is 9.90 Å². The van der Waals surface area contributed by atoms with Gasteiger partial charge in [0.15, 0.2) is 5.78 Å². The van der Waals surface area contributed by atoms with Crippen LogP contribution in [0, 0.1) is 0 Å². The second kappa shape index (κ2) is 4.09. The third-order valence-electron chi connectivity index (χ3n) is 0.877. The molecule has 0 radical (unpaired) electrons. The Hall–Kier alpha value is -0.830. The van der Waals surface area contributed by atoms with Crippen LogP contribution in [-0.4, -0.2) is 17.5 Å². The van der Waals surface area contributed by atoms with Gasteiger partial charge in [0.1, 0.15) is 0 Å². The van der Waals surface area contributed by atoms with Crippen molar-refractivity contribution in [2.24, 2.45) is 5.73 Å². The van der Waals surface area contributed by atoms with Crippen LogP contribution in [0.1, 0.15) is 13.3 Å². The van der Waals surface area contributed by atoms with E-state index in [0.717, 1.165) is 0 Å². The van der Waals surface area contributed by atoms with Crippen molar-refractivity contribution in [3.05, 3.63) is 11.8 Å². The Bertz CT molecular complexity index is 129. The molecule has 0 amide bonds. The molecule has 0 aliphatic carbocycles. The number of aliphatic hydroxyl groups excluding tert-OH is 1. The second-order valence-corrected chi connectivity index (χ2v) is 1.70. The first-order valence-corrected chi connectivity index (χ1v) is 2.80. The minimum Gasteiger partial charge on any atom is -0.400 e. The Morgan fingerprint density at radius 3 is 2.67 bits per heavy atom. The molecule has 0 heterocycles. The van der Waals surface area contributed by atoms with Gasteiger partial charge in [-0.2, -0.15) is 0 Å². The Morgan fingerprint density at radius 2 is 2.33 bits per heavy atom. The first-order chi connectivity index (χ1) is 4.20. The summed E-state index contributed by atoms with van der Waals surface area (Å²) < 4.78 is 0. The molecule has 9 heavy (non-hydrogen) atoms. The number of carbonyl (C=O) groups excluding carboxylic acids is 1. The smallest absolute Gasteiger partial charge is 0.157 e. The second-order valence-electron chi connectivity index (χ2n) is 1.70. The first-order valence-electron chi connectivity index (χ1n) is 2.80. The van der Waals surface area contributed by atoms with Crippen LogP contribution in [0.4, 0.5) is 0 Å². The zero-order valence-electron chi connectivity index (χ0n) is 5.42. The van der Waals surface area contributed by atoms with Gasteiger partial charge in [0.2, 0.25) is 0 Å². The zero-order valence-corrected chi connectivity index (χ0v) is 5.42. The molecular weight excluding hydrogens is 118 g/mol. The lowest BCUT2D eigenvalue weighted by Gasteiger charge is -1.91. The van der Waals surface area contributed by atoms with E-state index in [0.29, 0.717) is 6.42 Å². The highest BCUT2D eigenvalue weighted by atomic mass is 16.3. The van der Waals surface area contributed by atoms with Gasteiger partial charge in [-0.05, 0) is 0 Å². The highest BCUT2D eigenvalue weighted by Crippen LogP contribution is 1.86. The number of allylic oxidation sites excluding steroid dienone is 1. The van der Waals surface area contributed by atoms with Crippen LogP contribution >= 0.6 is 0 Å². The van der Waals surface area contributed by atoms with Crippen molar-refractivity contribution in [1.82, 2.24) is 0 Å². The van der Waals surface area contributed by atoms with E-state index in [2.05, 4.69) is 0 Å². The largest absolute Gasteiger partial charge is 0.400 e. The number of aliphatic hydroxyl groups is 1. The number of nitrogens with two attached hydrogens (primary N) is 1. The van der Waals surface area contributed by atoms with E-state index in [1.54, 1.807) is 6.92 Å². The van der Waals surface area contributed by atoms with Crippen LogP contribution < -0.4 is 5.73 Å². The highest BCUT2D eigenvalue weighted by Gasteiger charge is 1.92. The van der Waals surface area contributed by atoms with E-state index in [4.69, 9.17) is 10.8 Å². The molecule has 0 aromatic heterocycles. The minimum atomic E-state index is -0.244. The lowest BCUT2D eigenvalue weighted by atomic mass is 10.2. The Morgan fingerprint density at radius 1 is 1.78 bits per heavy atom. The molecule has 3 N–H and O–H groups in total. The number of hydrogen-bond donors (Lipinski definition) is 2. The number of ketones is 1. The average molecular weight is 129 g/mol. The van der Waals surface area contributed by atoms with Crippen molar-refractivity contribution in [3.8, 4) is 0 Å². The molecule has 0 saturated heterocycles. The summed E-state index contributed by atoms with van der Waals surface area (Å²) in [5.41, 5.74) is 5.36. The van der Waals surface area contributed by atoms with E-state index in [-0.39, 0.29) is 18.1 Å². The molecule has 0 spiro atoms. The quantitative estimate of drug-likeness (QED) is 0.519. The maximum absolute atomic E-state index is 10.5. The van der Waals surface area contributed by atoms with Gasteiger partial charge in [0.25, 0.3) is 0 Å². The van der Waals surface area contributed by atoms with Gasteiger partial charge in [0, 0.05) is 18.2 Å². The van der Waals surface area contributed by atoms with Crippen molar-refractivity contribution in [3.63, 3.8) is 0 Å². The molecular formula is C6H11NO2. The Labute approximate surface area is 54.2 Å². The van der Waals surface area contributed by atoms with E-state index < -0.39 is 0 Å². The molecule has 0 unspecified atom stereocenters. The highest BCUT2D eigenvalue weighted by molar-refractivity contribution is 5.89. The predicted molar refractivity (Wildman–Crippen MR) is 34.7 cm³/mol. The third kappa shape index (κ3) is 3.73.